The number of anilines is 1. The molecule has 0 saturated heterocycles. The van der Waals surface area contributed by atoms with Crippen LogP contribution in [0.15, 0.2) is 26.3 Å². The van der Waals surface area contributed by atoms with Gasteiger partial charge in [-0.25, -0.2) is 0 Å². The van der Waals surface area contributed by atoms with Crippen LogP contribution in [0.1, 0.15) is 16.7 Å². The Morgan fingerprint density at radius 1 is 1.29 bits per heavy atom. The number of hydrogen-bond acceptors (Lipinski definition) is 9. The van der Waals surface area contributed by atoms with Crippen LogP contribution in [-0.2, 0) is 12.2 Å². The molecule has 0 spiro atoms. The number of nitrogens with one attached hydrogen (secondary N) is 1. The van der Waals surface area contributed by atoms with Crippen LogP contribution in [0.3, 0.4) is 0 Å². The highest BCUT2D eigenvalue weighted by molar-refractivity contribution is 8.00. The predicted molar refractivity (Wildman–Crippen MR) is 85.0 cm³/mol. The second-order valence-corrected chi connectivity index (χ2v) is 7.36. The molecule has 0 bridgehead atoms. The quantitative estimate of drug-likeness (QED) is 0.662. The van der Waals surface area contributed by atoms with Crippen LogP contribution in [0.5, 0.6) is 0 Å². The van der Waals surface area contributed by atoms with Gasteiger partial charge in [0.1, 0.15) is 0 Å². The van der Waals surface area contributed by atoms with E-state index in [9.17, 15) is 0 Å². The zero-order valence-electron chi connectivity index (χ0n) is 11.3. The van der Waals surface area contributed by atoms with Gasteiger partial charge >= 0.3 is 0 Å². The molecule has 6 nitrogen and oxygen atoms in total. The second kappa shape index (κ2) is 7.01. The van der Waals surface area contributed by atoms with Crippen molar-refractivity contribution < 1.29 is 4.42 Å². The van der Waals surface area contributed by atoms with Gasteiger partial charge in [0.15, 0.2) is 4.34 Å². The lowest BCUT2D eigenvalue weighted by molar-refractivity contribution is 0.485. The first-order valence-electron chi connectivity index (χ1n) is 6.31. The molecule has 0 unspecified atom stereocenters. The topological polar surface area (TPSA) is 76.7 Å². The summed E-state index contributed by atoms with van der Waals surface area (Å²) in [5, 5.41) is 22.2. The van der Waals surface area contributed by atoms with E-state index < -0.39 is 0 Å². The molecule has 3 aromatic rings. The van der Waals surface area contributed by atoms with E-state index in [-0.39, 0.29) is 0 Å². The van der Waals surface area contributed by atoms with Gasteiger partial charge < -0.3 is 9.73 Å². The van der Waals surface area contributed by atoms with Crippen molar-refractivity contribution in [2.75, 3.05) is 11.9 Å². The van der Waals surface area contributed by atoms with E-state index in [1.54, 1.807) is 30.0 Å². The minimum absolute atomic E-state index is 0.582. The summed E-state index contributed by atoms with van der Waals surface area (Å²) in [6, 6.07) is 4.21. The van der Waals surface area contributed by atoms with Gasteiger partial charge in [-0.15, -0.1) is 31.7 Å². The average molecular weight is 339 g/mol. The summed E-state index contributed by atoms with van der Waals surface area (Å²) in [6.45, 7) is 2.64. The van der Waals surface area contributed by atoms with Gasteiger partial charge in [-0.3, -0.25) is 0 Å². The maximum Gasteiger partial charge on any atom is 0.226 e. The SMILES string of the molecule is Cc1nnc(CSc2nnc(NCCc3cccs3)s2)o1. The summed E-state index contributed by atoms with van der Waals surface area (Å²) >= 11 is 4.86. The number of aromatic nitrogens is 4. The summed E-state index contributed by atoms with van der Waals surface area (Å²) in [5.41, 5.74) is 0. The van der Waals surface area contributed by atoms with E-state index in [4.69, 9.17) is 4.42 Å². The van der Waals surface area contributed by atoms with E-state index in [1.807, 2.05) is 0 Å². The Hall–Kier alpha value is -1.45. The van der Waals surface area contributed by atoms with Crippen molar-refractivity contribution in [3.05, 3.63) is 34.2 Å². The number of hydrogen-bond donors (Lipinski definition) is 1. The molecule has 21 heavy (non-hydrogen) atoms. The van der Waals surface area contributed by atoms with Crippen molar-refractivity contribution in [2.45, 2.75) is 23.4 Å². The van der Waals surface area contributed by atoms with E-state index in [1.165, 1.54) is 16.2 Å². The lowest BCUT2D eigenvalue weighted by atomic mass is 10.3. The van der Waals surface area contributed by atoms with Crippen molar-refractivity contribution >= 4 is 39.6 Å². The Kier molecular flexibility index (Phi) is 4.84. The number of nitrogens with zero attached hydrogens (tertiary/aromatic N) is 4. The van der Waals surface area contributed by atoms with E-state index in [2.05, 4.69) is 43.2 Å². The molecule has 0 aliphatic carbocycles. The van der Waals surface area contributed by atoms with Crippen LogP contribution in [-0.4, -0.2) is 26.9 Å². The molecule has 0 fully saturated rings. The summed E-state index contributed by atoms with van der Waals surface area (Å²) in [4.78, 5) is 1.37. The van der Waals surface area contributed by atoms with E-state index >= 15 is 0 Å². The highest BCUT2D eigenvalue weighted by Crippen LogP contribution is 2.27. The van der Waals surface area contributed by atoms with Crippen molar-refractivity contribution in [3.8, 4) is 0 Å². The number of thioether (sulfide) groups is 1. The Labute approximate surface area is 134 Å². The maximum absolute atomic E-state index is 5.32. The Bertz CT molecular complexity index is 679. The van der Waals surface area contributed by atoms with Gasteiger partial charge in [0.05, 0.1) is 5.75 Å². The zero-order chi connectivity index (χ0) is 14.5. The first kappa shape index (κ1) is 14.5. The molecule has 110 valence electrons. The van der Waals surface area contributed by atoms with Gasteiger partial charge in [0.2, 0.25) is 16.9 Å². The summed E-state index contributed by atoms with van der Waals surface area (Å²) in [6.07, 6.45) is 1.00. The molecule has 0 aromatic carbocycles. The Morgan fingerprint density at radius 2 is 2.24 bits per heavy atom. The second-order valence-electron chi connectivity index (χ2n) is 4.13. The van der Waals surface area contributed by atoms with Crippen molar-refractivity contribution in [1.82, 2.24) is 20.4 Å². The molecular weight excluding hydrogens is 326 g/mol. The molecule has 0 atom stereocenters. The predicted octanol–water partition coefficient (Wildman–Crippen LogP) is 3.24. The lowest BCUT2D eigenvalue weighted by Gasteiger charge is -1.98. The van der Waals surface area contributed by atoms with Gasteiger partial charge in [0.25, 0.3) is 0 Å². The standard InChI is InChI=1S/C12H13N5OS3/c1-8-14-15-10(18-8)7-20-12-17-16-11(21-12)13-5-4-9-3-2-6-19-9/h2-3,6H,4-5,7H2,1H3,(H,13,16). The highest BCUT2D eigenvalue weighted by atomic mass is 32.2. The third-order valence-corrected chi connectivity index (χ3v) is 5.46. The normalized spacial score (nSPS) is 10.9. The minimum Gasteiger partial charge on any atom is -0.425 e. The fourth-order valence-electron chi connectivity index (χ4n) is 1.61. The smallest absolute Gasteiger partial charge is 0.226 e. The maximum atomic E-state index is 5.32. The summed E-state index contributed by atoms with van der Waals surface area (Å²) in [5.74, 6) is 1.81. The van der Waals surface area contributed by atoms with Crippen molar-refractivity contribution in [1.29, 1.82) is 0 Å². The summed E-state index contributed by atoms with van der Waals surface area (Å²) < 4.78 is 6.21. The lowest BCUT2D eigenvalue weighted by Crippen LogP contribution is -2.03. The van der Waals surface area contributed by atoms with Crippen LogP contribution in [0.4, 0.5) is 5.13 Å². The van der Waals surface area contributed by atoms with Gasteiger partial charge in [-0.05, 0) is 17.9 Å². The Morgan fingerprint density at radius 3 is 3.00 bits per heavy atom. The molecule has 0 radical (unpaired) electrons. The molecular formula is C12H13N5OS3. The monoisotopic (exact) mass is 339 g/mol. The highest BCUT2D eigenvalue weighted by Gasteiger charge is 2.08. The van der Waals surface area contributed by atoms with Gasteiger partial charge in [-0.1, -0.05) is 29.2 Å². The molecule has 0 amide bonds. The average Bonchev–Trinajstić information content (AvgIpc) is 3.19. The fourth-order valence-corrected chi connectivity index (χ4v) is 3.93. The molecule has 3 heterocycles. The molecule has 0 aliphatic heterocycles. The van der Waals surface area contributed by atoms with Crippen LogP contribution >= 0.6 is 34.4 Å². The largest absolute Gasteiger partial charge is 0.425 e. The number of rotatable bonds is 7. The minimum atomic E-state index is 0.582. The molecule has 9 heteroatoms. The summed E-state index contributed by atoms with van der Waals surface area (Å²) in [7, 11) is 0. The van der Waals surface area contributed by atoms with Crippen LogP contribution < -0.4 is 5.32 Å². The van der Waals surface area contributed by atoms with E-state index in [0.29, 0.717) is 17.5 Å². The third kappa shape index (κ3) is 4.26. The van der Waals surface area contributed by atoms with E-state index in [0.717, 1.165) is 22.4 Å². The number of thiophene rings is 1. The van der Waals surface area contributed by atoms with Gasteiger partial charge in [-0.2, -0.15) is 0 Å². The molecule has 0 saturated carbocycles. The first-order valence-corrected chi connectivity index (χ1v) is 8.99. The van der Waals surface area contributed by atoms with Crippen molar-refractivity contribution in [2.24, 2.45) is 0 Å². The molecule has 1 N–H and O–H groups in total. The van der Waals surface area contributed by atoms with Crippen LogP contribution in [0.25, 0.3) is 0 Å². The molecule has 0 aliphatic rings. The fraction of sp³-hybridized carbons (Fsp3) is 0.333. The van der Waals surface area contributed by atoms with Crippen LogP contribution in [0.2, 0.25) is 0 Å². The Balaban J connectivity index is 1.45. The molecule has 3 aromatic heterocycles. The number of aryl methyl sites for hydroxylation is 1. The van der Waals surface area contributed by atoms with Crippen LogP contribution in [0, 0.1) is 6.92 Å². The van der Waals surface area contributed by atoms with Crippen molar-refractivity contribution in [3.63, 3.8) is 0 Å². The zero-order valence-corrected chi connectivity index (χ0v) is 13.7. The van der Waals surface area contributed by atoms with Gasteiger partial charge in [0, 0.05) is 18.3 Å². The molecule has 3 rings (SSSR count). The first-order chi connectivity index (χ1) is 10.3. The third-order valence-electron chi connectivity index (χ3n) is 2.52.